The van der Waals surface area contributed by atoms with Crippen LogP contribution in [0.4, 0.5) is 0 Å². The van der Waals surface area contributed by atoms with E-state index >= 15 is 0 Å². The molecule has 0 radical (unpaired) electrons. The SMILES string of the molecule is N.NC1CCC(O)CC1.[Cl][Pt][Cl]. The number of aliphatic hydroxyl groups excluding tert-OH is 1. The standard InChI is InChI=1S/C6H13NO.2ClH.H3N.Pt/c7-5-1-3-6(8)4-2-5;;;;/h5-6,8H,1-4,7H2;2*1H;1H3;/q;;;;+2/p-2. The molecule has 3 nitrogen and oxygen atoms in total. The Labute approximate surface area is 90.0 Å². The Morgan fingerprint density at radius 1 is 1.17 bits per heavy atom. The van der Waals surface area contributed by atoms with E-state index in [1.54, 1.807) is 0 Å². The Morgan fingerprint density at radius 3 is 1.75 bits per heavy atom. The molecule has 0 unspecified atom stereocenters. The van der Waals surface area contributed by atoms with E-state index in [1.165, 1.54) is 0 Å². The minimum absolute atomic E-state index is 0. The average Bonchev–Trinajstić information content (AvgIpc) is 1.97. The molecule has 0 atom stereocenters. The van der Waals surface area contributed by atoms with Gasteiger partial charge in [-0.05, 0) is 25.7 Å². The molecule has 0 aromatic heterocycles. The van der Waals surface area contributed by atoms with Crippen molar-refractivity contribution in [3.8, 4) is 0 Å². The molecule has 1 aliphatic rings. The maximum absolute atomic E-state index is 8.97. The Morgan fingerprint density at radius 2 is 1.50 bits per heavy atom. The molecule has 1 fully saturated rings. The zero-order valence-corrected chi connectivity index (χ0v) is 10.6. The first-order valence-corrected chi connectivity index (χ1v) is 9.09. The van der Waals surface area contributed by atoms with Gasteiger partial charge in [-0.2, -0.15) is 0 Å². The third kappa shape index (κ3) is 9.24. The fourth-order valence-electron chi connectivity index (χ4n) is 1.10. The summed E-state index contributed by atoms with van der Waals surface area (Å²) >= 11 is -0.472. The number of nitrogens with two attached hydrogens (primary N) is 1. The van der Waals surface area contributed by atoms with Crippen LogP contribution in [0.1, 0.15) is 25.7 Å². The Kier molecular flexibility index (Phi) is 13.3. The Bertz CT molecular complexity index is 81.6. The topological polar surface area (TPSA) is 81.2 Å². The van der Waals surface area contributed by atoms with Gasteiger partial charge in [-0.3, -0.25) is 0 Å². The number of hydrogen-bond acceptors (Lipinski definition) is 3. The molecular weight excluding hydrogens is 382 g/mol. The van der Waals surface area contributed by atoms with Crippen molar-refractivity contribution in [1.82, 2.24) is 6.15 Å². The molecule has 0 amide bonds. The van der Waals surface area contributed by atoms with E-state index in [0.717, 1.165) is 25.7 Å². The second-order valence-electron chi connectivity index (χ2n) is 2.61. The third-order valence-electron chi connectivity index (χ3n) is 1.74. The quantitative estimate of drug-likeness (QED) is 0.582. The molecule has 1 aliphatic carbocycles. The predicted molar refractivity (Wildman–Crippen MR) is 49.2 cm³/mol. The van der Waals surface area contributed by atoms with Crippen molar-refractivity contribution >= 4 is 18.8 Å². The summed E-state index contributed by atoms with van der Waals surface area (Å²) in [5.41, 5.74) is 5.59. The molecule has 0 aliphatic heterocycles. The molecule has 1 rings (SSSR count). The molecule has 0 saturated heterocycles. The first-order chi connectivity index (χ1) is 5.20. The van der Waals surface area contributed by atoms with Crippen LogP contribution in [0, 0.1) is 0 Å². The van der Waals surface area contributed by atoms with Gasteiger partial charge in [-0.25, -0.2) is 0 Å². The van der Waals surface area contributed by atoms with Crippen molar-refractivity contribution in [3.63, 3.8) is 0 Å². The van der Waals surface area contributed by atoms with E-state index in [0.29, 0.717) is 6.04 Å². The van der Waals surface area contributed by atoms with Crippen LogP contribution in [0.25, 0.3) is 0 Å². The van der Waals surface area contributed by atoms with Gasteiger partial charge in [0.05, 0.1) is 6.10 Å². The second kappa shape index (κ2) is 10.2. The summed E-state index contributed by atoms with van der Waals surface area (Å²) in [4.78, 5) is 0. The molecule has 0 spiro atoms. The van der Waals surface area contributed by atoms with Gasteiger partial charge < -0.3 is 17.0 Å². The van der Waals surface area contributed by atoms with E-state index in [4.69, 9.17) is 29.7 Å². The summed E-state index contributed by atoms with van der Waals surface area (Å²) in [6, 6.07) is 0.360. The molecule has 0 heterocycles. The van der Waals surface area contributed by atoms with Crippen LogP contribution >= 0.6 is 18.8 Å². The predicted octanol–water partition coefficient (Wildman–Crippen LogP) is 1.79. The average molecular weight is 398 g/mol. The van der Waals surface area contributed by atoms with E-state index in [1.807, 2.05) is 0 Å². The molecule has 0 bridgehead atoms. The van der Waals surface area contributed by atoms with E-state index < -0.39 is 16.5 Å². The molecular formula is C6H16Cl2N2OPt. The van der Waals surface area contributed by atoms with Crippen LogP contribution in [0.15, 0.2) is 0 Å². The van der Waals surface area contributed by atoms with Crippen molar-refractivity contribution in [2.45, 2.75) is 37.8 Å². The summed E-state index contributed by atoms with van der Waals surface area (Å²) in [5.74, 6) is 0. The van der Waals surface area contributed by atoms with Gasteiger partial charge in [0.25, 0.3) is 0 Å². The summed E-state index contributed by atoms with van der Waals surface area (Å²) in [5, 5.41) is 8.97. The van der Waals surface area contributed by atoms with E-state index in [9.17, 15) is 0 Å². The molecule has 0 aromatic carbocycles. The number of aliphatic hydroxyl groups is 1. The monoisotopic (exact) mass is 397 g/mol. The van der Waals surface area contributed by atoms with Gasteiger partial charge in [-0.1, -0.05) is 0 Å². The molecule has 0 aromatic rings. The van der Waals surface area contributed by atoms with Crippen LogP contribution in [-0.4, -0.2) is 17.3 Å². The van der Waals surface area contributed by atoms with Crippen LogP contribution in [-0.2, 0) is 16.5 Å². The first kappa shape index (κ1) is 15.6. The van der Waals surface area contributed by atoms with Crippen LogP contribution in [0.5, 0.6) is 0 Å². The second-order valence-corrected chi connectivity index (χ2v) is 5.90. The molecule has 6 heteroatoms. The zero-order valence-electron chi connectivity index (χ0n) is 6.79. The Hall–Kier alpha value is 1.15. The van der Waals surface area contributed by atoms with Crippen molar-refractivity contribution in [2.24, 2.45) is 5.73 Å². The Balaban J connectivity index is 0. The summed E-state index contributed by atoms with van der Waals surface area (Å²) in [6.07, 6.45) is 3.75. The number of rotatable bonds is 0. The molecule has 80 valence electrons. The zero-order chi connectivity index (χ0) is 8.69. The fourth-order valence-corrected chi connectivity index (χ4v) is 1.10. The van der Waals surface area contributed by atoms with Gasteiger partial charge in [0, 0.05) is 6.04 Å². The van der Waals surface area contributed by atoms with Crippen LogP contribution in [0.2, 0.25) is 0 Å². The van der Waals surface area contributed by atoms with Gasteiger partial charge in [0.2, 0.25) is 0 Å². The normalized spacial score (nSPS) is 28.3. The van der Waals surface area contributed by atoms with Gasteiger partial charge in [0.15, 0.2) is 0 Å². The van der Waals surface area contributed by atoms with E-state index in [2.05, 4.69) is 0 Å². The fraction of sp³-hybridized carbons (Fsp3) is 1.00. The molecule has 6 N–H and O–H groups in total. The van der Waals surface area contributed by atoms with Gasteiger partial charge >= 0.3 is 35.3 Å². The summed E-state index contributed by atoms with van der Waals surface area (Å²) in [6.45, 7) is 0. The van der Waals surface area contributed by atoms with Crippen molar-refractivity contribution < 1.29 is 21.6 Å². The van der Waals surface area contributed by atoms with Gasteiger partial charge in [-0.15, -0.1) is 0 Å². The minimum atomic E-state index is -0.472. The number of halogens is 2. The summed E-state index contributed by atoms with van der Waals surface area (Å²) in [7, 11) is 9.75. The van der Waals surface area contributed by atoms with E-state index in [-0.39, 0.29) is 12.3 Å². The third-order valence-corrected chi connectivity index (χ3v) is 1.74. The van der Waals surface area contributed by atoms with Crippen molar-refractivity contribution in [3.05, 3.63) is 0 Å². The van der Waals surface area contributed by atoms with Crippen LogP contribution in [0.3, 0.4) is 0 Å². The van der Waals surface area contributed by atoms with Crippen molar-refractivity contribution in [1.29, 1.82) is 0 Å². The first-order valence-electron chi connectivity index (χ1n) is 3.46. The maximum atomic E-state index is 8.97. The molecule has 12 heavy (non-hydrogen) atoms. The van der Waals surface area contributed by atoms with Crippen molar-refractivity contribution in [2.75, 3.05) is 0 Å². The summed E-state index contributed by atoms with van der Waals surface area (Å²) < 4.78 is 0. The van der Waals surface area contributed by atoms with Crippen LogP contribution < -0.4 is 11.9 Å². The number of hydrogen-bond donors (Lipinski definition) is 3. The molecule has 1 saturated carbocycles. The van der Waals surface area contributed by atoms with Gasteiger partial charge in [0.1, 0.15) is 0 Å².